The monoisotopic (exact) mass is 1350 g/mol. The van der Waals surface area contributed by atoms with Crippen LogP contribution in [0.25, 0.3) is 0 Å². The zero-order chi connectivity index (χ0) is 51.7. The molecule has 4 aliphatic carbocycles. The predicted molar refractivity (Wildman–Crippen MR) is 288 cm³/mol. The number of carbonyl (C=O) groups is 8. The topological polar surface area (TPSA) is 235 Å². The zero-order valence-electron chi connectivity index (χ0n) is 41.3. The number of nitrogens with zero attached hydrogens (tertiary/aromatic N) is 6. The van der Waals surface area contributed by atoms with Crippen LogP contribution < -0.4 is 10.6 Å². The summed E-state index contributed by atoms with van der Waals surface area (Å²) in [5.74, 6) is -0.357. The van der Waals surface area contributed by atoms with Crippen molar-refractivity contribution in [2.45, 2.75) is 168 Å². The summed E-state index contributed by atoms with van der Waals surface area (Å²) >= 11 is 7.39. The predicted octanol–water partition coefficient (Wildman–Crippen LogP) is 13.1. The molecule has 6 aliphatic rings. The van der Waals surface area contributed by atoms with E-state index < -0.39 is 40.9 Å². The summed E-state index contributed by atoms with van der Waals surface area (Å²) in [6.07, 6.45) is 9.20. The van der Waals surface area contributed by atoms with Crippen molar-refractivity contribution in [3.05, 3.63) is 19.6 Å². The van der Waals surface area contributed by atoms with Crippen LogP contribution in [-0.4, -0.2) is 83.2 Å². The van der Waals surface area contributed by atoms with Crippen LogP contribution in [0.2, 0.25) is 0 Å². The molecule has 4 fully saturated rings. The number of halogens is 3. The fraction of sp³-hybridized carbons (Fsp3) is 0.766. The van der Waals surface area contributed by atoms with Crippen LogP contribution in [0.1, 0.15) is 156 Å². The van der Waals surface area contributed by atoms with Gasteiger partial charge in [-0.2, -0.15) is 6.42 Å². The van der Waals surface area contributed by atoms with Crippen LogP contribution in [0.3, 0.4) is 0 Å². The van der Waals surface area contributed by atoms with Crippen molar-refractivity contribution in [2.24, 2.45) is 70.7 Å². The number of urea groups is 4. The number of ether oxygens (including phenoxy) is 2. The van der Waals surface area contributed by atoms with Crippen LogP contribution in [-0.2, 0) is 33.6 Å². The fourth-order valence-electron chi connectivity index (χ4n) is 9.63. The molecule has 0 saturated heterocycles. The third-order valence-electron chi connectivity index (χ3n) is 14.8. The Labute approximate surface area is 449 Å². The van der Waals surface area contributed by atoms with Gasteiger partial charge in [-0.1, -0.05) is 132 Å². The summed E-state index contributed by atoms with van der Waals surface area (Å²) in [7, 11) is 0. The SMILES string of the molecule is C.C.C=CC(=O)OC1CC2CC[C@]1(C)C2(C)C.CC(C)(C)C(=O)NCN1C(=O)N=NC1=O.CC(CC(C)(C)C(=O)NCN1C(=O)N=NC1=O)C(=O)OC1CC2CC[C@]1(C)C2(C)C.[CH2-]CC.[I][V]([I])[I]. The Morgan fingerprint density at radius 1 is 0.754 bits per heavy atom. The van der Waals surface area contributed by atoms with Crippen molar-refractivity contribution in [1.29, 1.82) is 0 Å². The van der Waals surface area contributed by atoms with E-state index in [2.05, 4.69) is 146 Å². The molecule has 2 aliphatic heterocycles. The van der Waals surface area contributed by atoms with Crippen molar-refractivity contribution in [1.82, 2.24) is 20.4 Å². The van der Waals surface area contributed by atoms with Crippen LogP contribution in [0.4, 0.5) is 19.2 Å². The number of fused-ring (bicyclic) bond motifs is 4. The Kier molecular flexibility index (Phi) is 26.4. The van der Waals surface area contributed by atoms with Crippen LogP contribution >= 0.6 is 59.9 Å². The molecule has 2 heterocycles. The van der Waals surface area contributed by atoms with E-state index in [1.165, 1.54) is 25.3 Å². The van der Waals surface area contributed by atoms with Gasteiger partial charge in [-0.15, -0.1) is 0 Å². The van der Waals surface area contributed by atoms with E-state index >= 15 is 0 Å². The molecule has 18 nitrogen and oxygen atoms in total. The van der Waals surface area contributed by atoms with E-state index in [0.717, 1.165) is 35.5 Å². The Morgan fingerprint density at radius 2 is 1.09 bits per heavy atom. The van der Waals surface area contributed by atoms with Gasteiger partial charge in [0.15, 0.2) is 0 Å². The number of carbonyl (C=O) groups excluding carboxylic acids is 8. The molecule has 4 bridgehead atoms. The molecule has 6 rings (SSSR count). The molecule has 2 N–H and O–H groups in total. The first kappa shape index (κ1) is 66.9. The van der Waals surface area contributed by atoms with Gasteiger partial charge in [0.05, 0.1) is 5.92 Å². The van der Waals surface area contributed by atoms with Gasteiger partial charge in [0, 0.05) is 27.7 Å². The molecule has 0 spiro atoms. The first-order valence-electron chi connectivity index (χ1n) is 22.4. The van der Waals surface area contributed by atoms with E-state index in [1.54, 1.807) is 41.5 Å². The van der Waals surface area contributed by atoms with Gasteiger partial charge in [0.1, 0.15) is 25.5 Å². The third kappa shape index (κ3) is 16.7. The minimum atomic E-state index is -0.892. The Bertz CT molecular complexity index is 1900. The standard InChI is InChI=1S/C21H32N4O5.C13H20O2.C8H12N4O3.C3H7.2CH4.3HI.V/c1-12(15(26)30-14-9-13-7-8-21(14,6)20(13,4)5)10-19(2,3)16(27)22-11-25-17(28)23-24-18(25)29;1-5-11(14)15-10-8-9-6-7-13(10,4)12(9,2)3;1-8(2,3)5(13)9-4-12-6(14)10-11-7(12)15;1-3-2;;;;;;/h12-14H,7-11H2,1-6H3,(H,22,27);5,9-10H,1,6-8H2,2-4H3;4H2,1-3H3,(H,9,13);1,3H2,2H3;2*1H4;3*1H;/q;;;-1;;;;;;+3/p-3/t12?,13?,14?,21-;9?,10?,13-;;;;;;;;/m00......../s1. The molecule has 5 unspecified atom stereocenters. The van der Waals surface area contributed by atoms with Gasteiger partial charge in [0.25, 0.3) is 0 Å². The quantitative estimate of drug-likeness (QED) is 0.0859. The van der Waals surface area contributed by atoms with Crippen LogP contribution in [0.15, 0.2) is 33.1 Å². The summed E-state index contributed by atoms with van der Waals surface area (Å²) < 4.78 is 11.4. The number of imide groups is 2. The average molecular weight is 1350 g/mol. The molecule has 4 saturated carbocycles. The second kappa shape index (κ2) is 27.2. The number of azo groups is 2. The molecule has 0 aromatic carbocycles. The van der Waals surface area contributed by atoms with Gasteiger partial charge in [-0.25, -0.2) is 33.8 Å². The Balaban J connectivity index is 0.00000100. The molecule has 7 atom stereocenters. The summed E-state index contributed by atoms with van der Waals surface area (Å²) in [5.41, 5.74) is -0.847. The van der Waals surface area contributed by atoms with E-state index in [0.29, 0.717) is 17.3 Å². The second-order valence-electron chi connectivity index (χ2n) is 20.9. The van der Waals surface area contributed by atoms with Crippen LogP contribution in [0, 0.1) is 57.2 Å². The molecular weight excluding hydrogens is 1270 g/mol. The molecule has 0 aromatic rings. The normalized spacial score (nSPS) is 26.6. The third-order valence-corrected chi connectivity index (χ3v) is 14.8. The number of hydrogen-bond donors (Lipinski definition) is 2. The van der Waals surface area contributed by atoms with Gasteiger partial charge in [0.2, 0.25) is 11.8 Å². The molecule has 22 heteroatoms. The van der Waals surface area contributed by atoms with Gasteiger partial charge in [-0.3, -0.25) is 14.4 Å². The summed E-state index contributed by atoms with van der Waals surface area (Å²) in [4.78, 5) is 94.0. The van der Waals surface area contributed by atoms with Crippen molar-refractivity contribution in [2.75, 3.05) is 13.3 Å². The fourth-order valence-corrected chi connectivity index (χ4v) is 9.63. The number of rotatable bonds is 11. The van der Waals surface area contributed by atoms with Gasteiger partial charge < -0.3 is 27.0 Å². The summed E-state index contributed by atoms with van der Waals surface area (Å²) in [5, 5.41) is 17.4. The molecular formula is C47H79I3N8O10V-. The first-order valence-corrected chi connectivity index (χ1v) is 35.9. The second-order valence-corrected chi connectivity index (χ2v) is 56.3. The first-order chi connectivity index (χ1) is 30.7. The number of esters is 2. The number of nitrogens with one attached hydrogen (secondary N) is 2. The molecule has 0 radical (unpaired) electrons. The molecule has 69 heavy (non-hydrogen) atoms. The van der Waals surface area contributed by atoms with Gasteiger partial charge in [-0.05, 0) is 67.6 Å². The summed E-state index contributed by atoms with van der Waals surface area (Å²) in [6.45, 7) is 32.5. The van der Waals surface area contributed by atoms with Crippen molar-refractivity contribution >= 4 is 108 Å². The maximum atomic E-state index is 12.8. The Hall–Kier alpha value is -2.13. The van der Waals surface area contributed by atoms with Crippen molar-refractivity contribution in [3.8, 4) is 0 Å². The van der Waals surface area contributed by atoms with E-state index in [-0.39, 0.29) is 91.7 Å². The van der Waals surface area contributed by atoms with Crippen LogP contribution in [0.5, 0.6) is 0 Å². The minimum absolute atomic E-state index is 0. The number of hydrogen-bond acceptors (Lipinski definition) is 10. The maximum absolute atomic E-state index is 12.8. The number of amides is 10. The van der Waals surface area contributed by atoms with E-state index in [1.807, 2.05) is 6.92 Å². The van der Waals surface area contributed by atoms with E-state index in [9.17, 15) is 38.4 Å². The molecule has 0 aromatic heterocycles. The van der Waals surface area contributed by atoms with E-state index in [4.69, 9.17) is 9.47 Å². The molecule has 394 valence electrons. The van der Waals surface area contributed by atoms with Gasteiger partial charge >= 0.3 is 101 Å². The van der Waals surface area contributed by atoms with Crippen molar-refractivity contribution in [3.63, 3.8) is 0 Å². The molecule has 10 amide bonds. The van der Waals surface area contributed by atoms with Crippen molar-refractivity contribution < 1.29 is 52.8 Å². The summed E-state index contributed by atoms with van der Waals surface area (Å²) in [6, 6.07) is -3.13. The Morgan fingerprint density at radius 3 is 1.38 bits per heavy atom. The average Bonchev–Trinajstić information content (AvgIpc) is 3.95. The zero-order valence-corrected chi connectivity index (χ0v) is 49.2.